The van der Waals surface area contributed by atoms with Crippen molar-refractivity contribution in [3.05, 3.63) is 40.5 Å². The quantitative estimate of drug-likeness (QED) is 0.786. The van der Waals surface area contributed by atoms with Gasteiger partial charge in [0.25, 0.3) is 0 Å². The zero-order valence-electron chi connectivity index (χ0n) is 15.5. The molecule has 4 fully saturated rings. The maximum atomic E-state index is 13.1. The lowest BCUT2D eigenvalue weighted by atomic mass is 9.48. The predicted octanol–water partition coefficient (Wildman–Crippen LogP) is 4.57. The number of carbonyl (C=O) groups is 1. The normalized spacial score (nSPS) is 34.2. The van der Waals surface area contributed by atoms with Crippen LogP contribution >= 0.6 is 11.6 Å². The molecule has 0 radical (unpaired) electrons. The molecule has 27 heavy (non-hydrogen) atoms. The van der Waals surface area contributed by atoms with Crippen molar-refractivity contribution in [3.8, 4) is 0 Å². The zero-order chi connectivity index (χ0) is 18.8. The van der Waals surface area contributed by atoms with E-state index in [0.717, 1.165) is 48.6 Å². The first-order valence-corrected chi connectivity index (χ1v) is 10.2. The maximum Gasteiger partial charge on any atom is 0.312 e. The lowest BCUT2D eigenvalue weighted by molar-refractivity contribution is -0.197. The highest BCUT2D eigenvalue weighted by Gasteiger charge is 2.60. The Morgan fingerprint density at radius 2 is 1.96 bits per heavy atom. The number of carbonyl (C=O) groups excluding carboxylic acids is 1. The van der Waals surface area contributed by atoms with E-state index < -0.39 is 11.0 Å². The number of aromatic nitrogens is 1. The summed E-state index contributed by atoms with van der Waals surface area (Å²) < 4.78 is 5.75. The van der Waals surface area contributed by atoms with Crippen LogP contribution in [-0.2, 0) is 16.1 Å². The van der Waals surface area contributed by atoms with Crippen molar-refractivity contribution in [1.82, 2.24) is 4.98 Å². The van der Waals surface area contributed by atoms with E-state index in [1.54, 1.807) is 0 Å². The Bertz CT molecular complexity index is 927. The number of hydrogen-bond donors (Lipinski definition) is 1. The third-order valence-electron chi connectivity index (χ3n) is 6.95. The molecule has 4 atom stereocenters. The van der Waals surface area contributed by atoms with Crippen molar-refractivity contribution in [3.63, 3.8) is 0 Å². The third-order valence-corrected chi connectivity index (χ3v) is 7.45. The standard InChI is InChI=1S/C22H24ClNO3/c1-13-16-4-2-3-5-17(16)24-18(19(13)23)11-27-20(25)21-7-14-6-15(8-21)10-22(26,9-14)12-21/h2-5,14-15,26H,6-12H2,1H3/t14-,15+,21?,22?. The van der Waals surface area contributed by atoms with Crippen LogP contribution < -0.4 is 0 Å². The lowest BCUT2D eigenvalue weighted by Crippen LogP contribution is -2.58. The summed E-state index contributed by atoms with van der Waals surface area (Å²) in [6.07, 6.45) is 5.08. The van der Waals surface area contributed by atoms with Gasteiger partial charge in [-0.1, -0.05) is 29.8 Å². The molecule has 0 aliphatic heterocycles. The number of aliphatic hydroxyl groups is 1. The average Bonchev–Trinajstić information content (AvgIpc) is 2.61. The van der Waals surface area contributed by atoms with E-state index in [1.165, 1.54) is 0 Å². The molecule has 4 saturated carbocycles. The van der Waals surface area contributed by atoms with E-state index in [0.29, 0.717) is 29.0 Å². The Balaban J connectivity index is 1.38. The molecule has 5 heteroatoms. The molecule has 1 heterocycles. The fraction of sp³-hybridized carbons (Fsp3) is 0.545. The van der Waals surface area contributed by atoms with Crippen LogP contribution in [0.3, 0.4) is 0 Å². The summed E-state index contributed by atoms with van der Waals surface area (Å²) >= 11 is 6.50. The van der Waals surface area contributed by atoms with E-state index in [9.17, 15) is 9.90 Å². The van der Waals surface area contributed by atoms with Gasteiger partial charge in [-0.3, -0.25) is 4.79 Å². The van der Waals surface area contributed by atoms with Crippen molar-refractivity contribution >= 4 is 28.5 Å². The fourth-order valence-electron chi connectivity index (χ4n) is 6.25. The summed E-state index contributed by atoms with van der Waals surface area (Å²) in [7, 11) is 0. The monoisotopic (exact) mass is 385 g/mol. The van der Waals surface area contributed by atoms with Gasteiger partial charge in [-0.2, -0.15) is 0 Å². The van der Waals surface area contributed by atoms with Gasteiger partial charge in [-0.25, -0.2) is 4.98 Å². The molecule has 0 amide bonds. The van der Waals surface area contributed by atoms with Gasteiger partial charge >= 0.3 is 5.97 Å². The van der Waals surface area contributed by atoms with Gasteiger partial charge in [0.05, 0.1) is 27.2 Å². The van der Waals surface area contributed by atoms with Crippen LogP contribution in [0.4, 0.5) is 0 Å². The van der Waals surface area contributed by atoms with E-state index in [1.807, 2.05) is 31.2 Å². The number of hydrogen-bond acceptors (Lipinski definition) is 4. The summed E-state index contributed by atoms with van der Waals surface area (Å²) in [6.45, 7) is 2.05. The molecule has 2 aromatic rings. The predicted molar refractivity (Wildman–Crippen MR) is 103 cm³/mol. The molecule has 142 valence electrons. The summed E-state index contributed by atoms with van der Waals surface area (Å²) in [5.74, 6) is 0.723. The highest BCUT2D eigenvalue weighted by atomic mass is 35.5. The first kappa shape index (κ1) is 17.4. The Kier molecular flexibility index (Phi) is 3.83. The first-order valence-electron chi connectivity index (χ1n) is 9.81. The van der Waals surface area contributed by atoms with Crippen molar-refractivity contribution in [2.24, 2.45) is 17.3 Å². The molecule has 0 saturated heterocycles. The smallest absolute Gasteiger partial charge is 0.312 e. The third kappa shape index (κ3) is 2.76. The number of rotatable bonds is 3. The second kappa shape index (κ2) is 5.92. The topological polar surface area (TPSA) is 59.4 Å². The molecule has 4 bridgehead atoms. The van der Waals surface area contributed by atoms with Gasteiger partial charge in [-0.05, 0) is 68.9 Å². The lowest BCUT2D eigenvalue weighted by Gasteiger charge is -2.58. The van der Waals surface area contributed by atoms with E-state index in [4.69, 9.17) is 16.3 Å². The molecule has 4 aliphatic rings. The highest BCUT2D eigenvalue weighted by Crippen LogP contribution is 2.62. The number of para-hydroxylation sites is 1. The molecule has 2 unspecified atom stereocenters. The summed E-state index contributed by atoms with van der Waals surface area (Å²) in [6, 6.07) is 7.84. The summed E-state index contributed by atoms with van der Waals surface area (Å²) in [4.78, 5) is 17.7. The second-order valence-electron chi connectivity index (χ2n) is 9.06. The molecule has 0 spiro atoms. The minimum absolute atomic E-state index is 0.0822. The molecular weight excluding hydrogens is 362 g/mol. The maximum absolute atomic E-state index is 13.1. The molecular formula is C22H24ClNO3. The van der Waals surface area contributed by atoms with Gasteiger partial charge < -0.3 is 9.84 Å². The van der Waals surface area contributed by atoms with Gasteiger partial charge in [0.15, 0.2) is 0 Å². The second-order valence-corrected chi connectivity index (χ2v) is 9.43. The number of esters is 1. The average molecular weight is 386 g/mol. The molecule has 1 aromatic heterocycles. The van der Waals surface area contributed by atoms with E-state index in [2.05, 4.69) is 4.98 Å². The number of halogens is 1. The van der Waals surface area contributed by atoms with E-state index in [-0.39, 0.29) is 12.6 Å². The number of pyridine rings is 1. The molecule has 6 rings (SSSR count). The number of ether oxygens (including phenoxy) is 1. The largest absolute Gasteiger partial charge is 0.459 e. The number of fused-ring (bicyclic) bond motifs is 1. The summed E-state index contributed by atoms with van der Waals surface area (Å²) in [5.41, 5.74) is 1.23. The summed E-state index contributed by atoms with van der Waals surface area (Å²) in [5, 5.41) is 12.4. The van der Waals surface area contributed by atoms with Gasteiger partial charge in [0.2, 0.25) is 0 Å². The Morgan fingerprint density at radius 3 is 2.67 bits per heavy atom. The van der Waals surface area contributed by atoms with Crippen molar-refractivity contribution in [1.29, 1.82) is 0 Å². The number of nitrogens with zero attached hydrogens (tertiary/aromatic N) is 1. The van der Waals surface area contributed by atoms with Crippen LogP contribution in [0.5, 0.6) is 0 Å². The van der Waals surface area contributed by atoms with Crippen LogP contribution in [0.2, 0.25) is 5.02 Å². The minimum atomic E-state index is -0.668. The Morgan fingerprint density at radius 1 is 1.26 bits per heavy atom. The minimum Gasteiger partial charge on any atom is -0.459 e. The van der Waals surface area contributed by atoms with Crippen LogP contribution in [0.15, 0.2) is 24.3 Å². The Hall–Kier alpha value is -1.65. The first-order chi connectivity index (χ1) is 12.9. The van der Waals surface area contributed by atoms with Gasteiger partial charge in [0.1, 0.15) is 6.61 Å². The fourth-order valence-corrected chi connectivity index (χ4v) is 6.45. The number of aryl methyl sites for hydroxylation is 1. The van der Waals surface area contributed by atoms with Crippen molar-refractivity contribution in [2.75, 3.05) is 0 Å². The van der Waals surface area contributed by atoms with Crippen LogP contribution in [-0.4, -0.2) is 21.7 Å². The van der Waals surface area contributed by atoms with Crippen LogP contribution in [0.25, 0.3) is 10.9 Å². The molecule has 4 aliphatic carbocycles. The molecule has 4 nitrogen and oxygen atoms in total. The van der Waals surface area contributed by atoms with Gasteiger partial charge in [-0.15, -0.1) is 0 Å². The van der Waals surface area contributed by atoms with Gasteiger partial charge in [0, 0.05) is 5.39 Å². The van der Waals surface area contributed by atoms with Crippen LogP contribution in [0.1, 0.15) is 49.8 Å². The zero-order valence-corrected chi connectivity index (χ0v) is 16.3. The Labute approximate surface area is 163 Å². The molecule has 1 N–H and O–H groups in total. The van der Waals surface area contributed by atoms with Crippen molar-refractivity contribution < 1.29 is 14.6 Å². The SMILES string of the molecule is Cc1c(Cl)c(COC(=O)C23C[C@@H]4C[C@@H](CC(O)(C4)C2)C3)nc2ccccc12. The van der Waals surface area contributed by atoms with Crippen LogP contribution in [0, 0.1) is 24.2 Å². The molecule has 1 aromatic carbocycles. The highest BCUT2D eigenvalue weighted by molar-refractivity contribution is 6.32. The van der Waals surface area contributed by atoms with Crippen molar-refractivity contribution in [2.45, 2.75) is 57.7 Å². The number of benzene rings is 1. The van der Waals surface area contributed by atoms with E-state index >= 15 is 0 Å².